The van der Waals surface area contributed by atoms with Crippen molar-refractivity contribution >= 4 is 40.8 Å². The average molecular weight is 385 g/mol. The molecule has 0 radical (unpaired) electrons. The van der Waals surface area contributed by atoms with E-state index in [4.69, 9.17) is 16.8 Å². The number of amides is 1. The molecule has 0 bridgehead atoms. The van der Waals surface area contributed by atoms with E-state index in [0.29, 0.717) is 17.3 Å². The van der Waals surface area contributed by atoms with Crippen LogP contribution in [-0.2, 0) is 6.54 Å². The fraction of sp³-hybridized carbons (Fsp3) is 0.0556. The highest BCUT2D eigenvalue weighted by molar-refractivity contribution is 7.99. The van der Waals surface area contributed by atoms with E-state index in [9.17, 15) is 4.79 Å². The minimum absolute atomic E-state index is 0.356. The van der Waals surface area contributed by atoms with Gasteiger partial charge in [-0.2, -0.15) is 0 Å². The molecule has 0 fully saturated rings. The van der Waals surface area contributed by atoms with Gasteiger partial charge in [-0.15, -0.1) is 10.2 Å². The van der Waals surface area contributed by atoms with E-state index < -0.39 is 5.91 Å². The zero-order valence-electron chi connectivity index (χ0n) is 13.4. The summed E-state index contributed by atoms with van der Waals surface area (Å²) in [6.07, 6.45) is 0. The standard InChI is InChI=1S/C18H13ClN4O2S/c19-16-9-15-17(21-20-16)23(13-3-1-2-4-14(13)26-15)10-11-5-7-12(8-6-11)18(24)22-25/h1-9,25H,10H2,(H,22,24). The number of anilines is 2. The maximum atomic E-state index is 11.5. The van der Waals surface area contributed by atoms with Gasteiger partial charge in [0.05, 0.1) is 10.6 Å². The summed E-state index contributed by atoms with van der Waals surface area (Å²) in [6.45, 7) is 0.557. The first kappa shape index (κ1) is 16.8. The summed E-state index contributed by atoms with van der Waals surface area (Å²) in [5.74, 6) is 0.206. The number of nitrogens with one attached hydrogen (secondary N) is 1. The summed E-state index contributed by atoms with van der Waals surface area (Å²) < 4.78 is 0. The maximum absolute atomic E-state index is 11.5. The Kier molecular flexibility index (Phi) is 4.50. The number of fused-ring (bicyclic) bond motifs is 2. The van der Waals surface area contributed by atoms with Gasteiger partial charge in [-0.05, 0) is 35.9 Å². The number of aromatic nitrogens is 2. The van der Waals surface area contributed by atoms with Crippen LogP contribution in [0.3, 0.4) is 0 Å². The molecule has 2 heterocycles. The van der Waals surface area contributed by atoms with Crippen LogP contribution in [-0.4, -0.2) is 21.3 Å². The first-order valence-electron chi connectivity index (χ1n) is 7.77. The Hall–Kier alpha value is -2.61. The molecule has 8 heteroatoms. The SMILES string of the molecule is O=C(NO)c1ccc(CN2c3ccccc3Sc3cc(Cl)nnc32)cc1. The van der Waals surface area contributed by atoms with E-state index in [-0.39, 0.29) is 0 Å². The Bertz CT molecular complexity index is 981. The second-order valence-corrected chi connectivity index (χ2v) is 7.12. The van der Waals surface area contributed by atoms with E-state index in [2.05, 4.69) is 21.2 Å². The number of carbonyl (C=O) groups excluding carboxylic acids is 1. The zero-order valence-corrected chi connectivity index (χ0v) is 15.0. The van der Waals surface area contributed by atoms with Crippen molar-refractivity contribution in [3.8, 4) is 0 Å². The van der Waals surface area contributed by atoms with Gasteiger partial charge < -0.3 is 4.90 Å². The van der Waals surface area contributed by atoms with Gasteiger partial charge in [-0.1, -0.05) is 47.6 Å². The molecular formula is C18H13ClN4O2S. The molecule has 6 nitrogen and oxygen atoms in total. The summed E-state index contributed by atoms with van der Waals surface area (Å²) in [6, 6.07) is 16.9. The van der Waals surface area contributed by atoms with Crippen molar-refractivity contribution in [2.45, 2.75) is 16.3 Å². The molecule has 0 saturated heterocycles. The number of nitrogens with zero attached hydrogens (tertiary/aromatic N) is 3. The van der Waals surface area contributed by atoms with Gasteiger partial charge in [0.15, 0.2) is 11.0 Å². The summed E-state index contributed by atoms with van der Waals surface area (Å²) >= 11 is 7.62. The van der Waals surface area contributed by atoms with E-state index in [0.717, 1.165) is 26.9 Å². The molecule has 0 aliphatic carbocycles. The van der Waals surface area contributed by atoms with Crippen molar-refractivity contribution in [3.63, 3.8) is 0 Å². The maximum Gasteiger partial charge on any atom is 0.274 e. The lowest BCUT2D eigenvalue weighted by Gasteiger charge is -2.31. The number of hydrogen-bond acceptors (Lipinski definition) is 6. The molecular weight excluding hydrogens is 372 g/mol. The fourth-order valence-electron chi connectivity index (χ4n) is 2.78. The zero-order chi connectivity index (χ0) is 18.1. The molecule has 3 aromatic rings. The fourth-order valence-corrected chi connectivity index (χ4v) is 4.07. The van der Waals surface area contributed by atoms with E-state index >= 15 is 0 Å². The summed E-state index contributed by atoms with van der Waals surface area (Å²) in [7, 11) is 0. The quantitative estimate of drug-likeness (QED) is 0.524. The van der Waals surface area contributed by atoms with Crippen LogP contribution in [0.4, 0.5) is 11.5 Å². The molecule has 26 heavy (non-hydrogen) atoms. The number of hydroxylamine groups is 1. The molecule has 1 amide bonds. The second-order valence-electron chi connectivity index (χ2n) is 5.65. The Morgan fingerprint density at radius 3 is 2.65 bits per heavy atom. The average Bonchev–Trinajstić information content (AvgIpc) is 2.67. The number of halogens is 1. The van der Waals surface area contributed by atoms with Crippen molar-refractivity contribution in [2.24, 2.45) is 0 Å². The lowest BCUT2D eigenvalue weighted by Crippen LogP contribution is -2.22. The van der Waals surface area contributed by atoms with Crippen LogP contribution in [0.25, 0.3) is 0 Å². The smallest absolute Gasteiger partial charge is 0.274 e. The Morgan fingerprint density at radius 1 is 1.12 bits per heavy atom. The van der Waals surface area contributed by atoms with Crippen LogP contribution in [0, 0.1) is 0 Å². The minimum atomic E-state index is -0.540. The summed E-state index contributed by atoms with van der Waals surface area (Å²) in [5, 5.41) is 17.3. The summed E-state index contributed by atoms with van der Waals surface area (Å²) in [5.41, 5.74) is 4.05. The van der Waals surface area contributed by atoms with Crippen molar-refractivity contribution in [2.75, 3.05) is 4.90 Å². The second kappa shape index (κ2) is 6.95. The van der Waals surface area contributed by atoms with Gasteiger partial charge >= 0.3 is 0 Å². The number of para-hydroxylation sites is 1. The van der Waals surface area contributed by atoms with E-state index in [1.54, 1.807) is 29.4 Å². The Labute approximate surface area is 158 Å². The predicted octanol–water partition coefficient (Wildman–Crippen LogP) is 4.05. The molecule has 0 unspecified atom stereocenters. The highest BCUT2D eigenvalue weighted by atomic mass is 35.5. The first-order valence-corrected chi connectivity index (χ1v) is 8.96. The Morgan fingerprint density at radius 2 is 1.88 bits per heavy atom. The molecule has 2 N–H and O–H groups in total. The van der Waals surface area contributed by atoms with Gasteiger partial charge in [0, 0.05) is 17.0 Å². The molecule has 1 aliphatic rings. The predicted molar refractivity (Wildman–Crippen MR) is 99.1 cm³/mol. The lowest BCUT2D eigenvalue weighted by molar-refractivity contribution is 0.0706. The van der Waals surface area contributed by atoms with Gasteiger partial charge in [-0.3, -0.25) is 10.0 Å². The monoisotopic (exact) mass is 384 g/mol. The topological polar surface area (TPSA) is 78.4 Å². The molecule has 1 aliphatic heterocycles. The van der Waals surface area contributed by atoms with Crippen LogP contribution in [0.2, 0.25) is 5.15 Å². The van der Waals surface area contributed by atoms with Gasteiger partial charge in [0.1, 0.15) is 0 Å². The largest absolute Gasteiger partial charge is 0.318 e. The van der Waals surface area contributed by atoms with Crippen molar-refractivity contribution in [3.05, 3.63) is 70.9 Å². The highest BCUT2D eigenvalue weighted by Gasteiger charge is 2.25. The van der Waals surface area contributed by atoms with Crippen LogP contribution in [0.5, 0.6) is 0 Å². The first-order chi connectivity index (χ1) is 12.7. The van der Waals surface area contributed by atoms with Gasteiger partial charge in [-0.25, -0.2) is 5.48 Å². The molecule has 0 atom stereocenters. The van der Waals surface area contributed by atoms with Crippen molar-refractivity contribution in [1.29, 1.82) is 0 Å². The van der Waals surface area contributed by atoms with Crippen molar-refractivity contribution < 1.29 is 10.0 Å². The van der Waals surface area contributed by atoms with E-state index in [1.165, 1.54) is 0 Å². The number of carbonyl (C=O) groups is 1. The Balaban J connectivity index is 1.71. The molecule has 2 aromatic carbocycles. The van der Waals surface area contributed by atoms with Gasteiger partial charge in [0.25, 0.3) is 5.91 Å². The molecule has 0 saturated carbocycles. The molecule has 130 valence electrons. The summed E-state index contributed by atoms with van der Waals surface area (Å²) in [4.78, 5) is 15.6. The van der Waals surface area contributed by atoms with E-state index in [1.807, 2.05) is 36.4 Å². The van der Waals surface area contributed by atoms with Gasteiger partial charge in [0.2, 0.25) is 0 Å². The molecule has 0 spiro atoms. The molecule has 4 rings (SSSR count). The number of benzene rings is 2. The number of rotatable bonds is 3. The molecule has 1 aromatic heterocycles. The minimum Gasteiger partial charge on any atom is -0.318 e. The number of hydrogen-bond donors (Lipinski definition) is 2. The van der Waals surface area contributed by atoms with Crippen LogP contribution >= 0.6 is 23.4 Å². The third-order valence-corrected chi connectivity index (χ3v) is 5.27. The third-order valence-electron chi connectivity index (χ3n) is 4.00. The lowest BCUT2D eigenvalue weighted by atomic mass is 10.1. The highest BCUT2D eigenvalue weighted by Crippen LogP contribution is 2.47. The third kappa shape index (κ3) is 3.12. The van der Waals surface area contributed by atoms with Crippen molar-refractivity contribution in [1.82, 2.24) is 15.7 Å². The van der Waals surface area contributed by atoms with Crippen LogP contribution in [0.1, 0.15) is 15.9 Å². The van der Waals surface area contributed by atoms with Crippen LogP contribution in [0.15, 0.2) is 64.4 Å². The normalized spacial score (nSPS) is 12.3. The van der Waals surface area contributed by atoms with Crippen LogP contribution < -0.4 is 10.4 Å².